The summed E-state index contributed by atoms with van der Waals surface area (Å²) in [5.74, 6) is -0.642. The second-order valence-corrected chi connectivity index (χ2v) is 5.58. The summed E-state index contributed by atoms with van der Waals surface area (Å²) in [6, 6.07) is 4.28. The maximum Gasteiger partial charge on any atom is 0.254 e. The lowest BCUT2D eigenvalue weighted by Crippen LogP contribution is -2.29. The van der Waals surface area contributed by atoms with Crippen LogP contribution in [0.5, 0.6) is 0 Å². The minimum atomic E-state index is -0.526. The summed E-state index contributed by atoms with van der Waals surface area (Å²) in [5.41, 5.74) is 0.0444. The van der Waals surface area contributed by atoms with Gasteiger partial charge in [0.15, 0.2) is 0 Å². The average molecular weight is 316 g/mol. The first-order chi connectivity index (χ1) is 8.56. The number of carbonyl (C=O) groups excluding carboxylic acids is 1. The van der Waals surface area contributed by atoms with Gasteiger partial charge in [-0.25, -0.2) is 4.39 Å². The Kier molecular flexibility index (Phi) is 4.35. The molecule has 1 saturated carbocycles. The number of benzene rings is 1. The molecule has 1 aromatic rings. The molecule has 2 unspecified atom stereocenters. The monoisotopic (exact) mass is 315 g/mol. The van der Waals surface area contributed by atoms with Gasteiger partial charge in [-0.2, -0.15) is 0 Å². The van der Waals surface area contributed by atoms with Crippen molar-refractivity contribution in [2.24, 2.45) is 5.92 Å². The third-order valence-electron chi connectivity index (χ3n) is 3.24. The van der Waals surface area contributed by atoms with Crippen LogP contribution in [0.2, 0.25) is 0 Å². The molecule has 2 N–H and O–H groups in total. The van der Waals surface area contributed by atoms with Gasteiger partial charge in [-0.3, -0.25) is 4.79 Å². The molecule has 0 heterocycles. The summed E-state index contributed by atoms with van der Waals surface area (Å²) in [5, 5.41) is 12.1. The van der Waals surface area contributed by atoms with Crippen LogP contribution in [0, 0.1) is 11.7 Å². The average Bonchev–Trinajstić information content (AvgIpc) is 2.75. The van der Waals surface area contributed by atoms with Crippen LogP contribution in [0.25, 0.3) is 0 Å². The first kappa shape index (κ1) is 13.5. The van der Waals surface area contributed by atoms with E-state index in [0.717, 1.165) is 12.8 Å². The molecule has 0 saturated heterocycles. The van der Waals surface area contributed by atoms with Crippen molar-refractivity contribution in [3.63, 3.8) is 0 Å². The first-order valence-electron chi connectivity index (χ1n) is 5.97. The predicted octanol–water partition coefficient (Wildman–Crippen LogP) is 2.48. The molecule has 5 heteroatoms. The van der Waals surface area contributed by atoms with Crippen molar-refractivity contribution in [3.8, 4) is 0 Å². The smallest absolute Gasteiger partial charge is 0.254 e. The second kappa shape index (κ2) is 5.80. The van der Waals surface area contributed by atoms with E-state index in [0.29, 0.717) is 23.4 Å². The summed E-state index contributed by atoms with van der Waals surface area (Å²) in [4.78, 5) is 11.8. The van der Waals surface area contributed by atoms with Gasteiger partial charge in [0.1, 0.15) is 5.82 Å². The fourth-order valence-electron chi connectivity index (χ4n) is 2.24. The van der Waals surface area contributed by atoms with Crippen LogP contribution in [0.1, 0.15) is 29.6 Å². The highest BCUT2D eigenvalue weighted by atomic mass is 79.9. The zero-order valence-corrected chi connectivity index (χ0v) is 11.4. The van der Waals surface area contributed by atoms with E-state index in [1.54, 1.807) is 6.07 Å². The van der Waals surface area contributed by atoms with Gasteiger partial charge in [0.05, 0.1) is 11.7 Å². The van der Waals surface area contributed by atoms with Crippen LogP contribution < -0.4 is 5.32 Å². The number of amides is 1. The maximum absolute atomic E-state index is 13.5. The molecule has 1 aliphatic rings. The minimum Gasteiger partial charge on any atom is -0.393 e. The zero-order chi connectivity index (χ0) is 13.1. The SMILES string of the molecule is O=C(NCC1CCC(O)C1)c1cc(Br)ccc1F. The topological polar surface area (TPSA) is 49.3 Å². The Labute approximate surface area is 114 Å². The van der Waals surface area contributed by atoms with Crippen LogP contribution in [-0.2, 0) is 0 Å². The Morgan fingerprint density at radius 3 is 2.94 bits per heavy atom. The van der Waals surface area contributed by atoms with Gasteiger partial charge in [-0.05, 0) is 43.4 Å². The third kappa shape index (κ3) is 3.29. The van der Waals surface area contributed by atoms with E-state index < -0.39 is 11.7 Å². The molecule has 18 heavy (non-hydrogen) atoms. The van der Waals surface area contributed by atoms with Crippen LogP contribution in [-0.4, -0.2) is 23.7 Å². The first-order valence-corrected chi connectivity index (χ1v) is 6.77. The Balaban J connectivity index is 1.93. The van der Waals surface area contributed by atoms with Crippen LogP contribution in [0.15, 0.2) is 22.7 Å². The van der Waals surface area contributed by atoms with Crippen molar-refractivity contribution in [3.05, 3.63) is 34.1 Å². The van der Waals surface area contributed by atoms with Crippen molar-refractivity contribution >= 4 is 21.8 Å². The molecular weight excluding hydrogens is 301 g/mol. The van der Waals surface area contributed by atoms with Crippen molar-refractivity contribution in [2.45, 2.75) is 25.4 Å². The number of carbonyl (C=O) groups is 1. The van der Waals surface area contributed by atoms with Gasteiger partial charge in [0, 0.05) is 11.0 Å². The highest BCUT2D eigenvalue weighted by Crippen LogP contribution is 2.24. The zero-order valence-electron chi connectivity index (χ0n) is 9.83. The maximum atomic E-state index is 13.5. The van der Waals surface area contributed by atoms with Crippen LogP contribution >= 0.6 is 15.9 Å². The second-order valence-electron chi connectivity index (χ2n) is 4.67. The molecule has 0 radical (unpaired) electrons. The van der Waals surface area contributed by atoms with Crippen LogP contribution in [0.4, 0.5) is 4.39 Å². The van der Waals surface area contributed by atoms with E-state index in [1.807, 2.05) is 0 Å². The van der Waals surface area contributed by atoms with E-state index in [4.69, 9.17) is 0 Å². The van der Waals surface area contributed by atoms with E-state index in [-0.39, 0.29) is 11.7 Å². The number of rotatable bonds is 3. The van der Waals surface area contributed by atoms with Gasteiger partial charge in [-0.15, -0.1) is 0 Å². The van der Waals surface area contributed by atoms with Crippen LogP contribution in [0.3, 0.4) is 0 Å². The molecule has 2 rings (SSSR count). The van der Waals surface area contributed by atoms with Gasteiger partial charge in [-0.1, -0.05) is 15.9 Å². The van der Waals surface area contributed by atoms with Gasteiger partial charge < -0.3 is 10.4 Å². The highest BCUT2D eigenvalue weighted by Gasteiger charge is 2.23. The molecule has 98 valence electrons. The molecule has 1 aromatic carbocycles. The van der Waals surface area contributed by atoms with E-state index in [1.165, 1.54) is 12.1 Å². The number of hydrogen-bond acceptors (Lipinski definition) is 2. The fourth-order valence-corrected chi connectivity index (χ4v) is 2.60. The highest BCUT2D eigenvalue weighted by molar-refractivity contribution is 9.10. The van der Waals surface area contributed by atoms with Crippen molar-refractivity contribution < 1.29 is 14.3 Å². The molecule has 0 spiro atoms. The number of aliphatic hydroxyl groups is 1. The molecule has 0 bridgehead atoms. The molecule has 1 fully saturated rings. The van der Waals surface area contributed by atoms with E-state index in [9.17, 15) is 14.3 Å². The lowest BCUT2D eigenvalue weighted by molar-refractivity contribution is 0.0941. The summed E-state index contributed by atoms with van der Waals surface area (Å²) >= 11 is 3.21. The van der Waals surface area contributed by atoms with Gasteiger partial charge in [0.25, 0.3) is 5.91 Å². The predicted molar refractivity (Wildman–Crippen MR) is 69.8 cm³/mol. The Morgan fingerprint density at radius 2 is 2.28 bits per heavy atom. The lowest BCUT2D eigenvalue weighted by atomic mass is 10.1. The summed E-state index contributed by atoms with van der Waals surface area (Å²) in [7, 11) is 0. The third-order valence-corrected chi connectivity index (χ3v) is 3.73. The minimum absolute atomic E-state index is 0.0444. The quantitative estimate of drug-likeness (QED) is 0.900. The molecule has 3 nitrogen and oxygen atoms in total. The van der Waals surface area contributed by atoms with E-state index >= 15 is 0 Å². The normalized spacial score (nSPS) is 23.1. The molecule has 1 amide bonds. The Hall–Kier alpha value is -0.940. The Bertz CT molecular complexity index is 453. The molecule has 1 aliphatic carbocycles. The molecule has 0 aromatic heterocycles. The summed E-state index contributed by atoms with van der Waals surface area (Å²) < 4.78 is 14.1. The Morgan fingerprint density at radius 1 is 1.50 bits per heavy atom. The lowest BCUT2D eigenvalue weighted by Gasteiger charge is -2.11. The summed E-state index contributed by atoms with van der Waals surface area (Å²) in [6.07, 6.45) is 2.14. The van der Waals surface area contributed by atoms with Gasteiger partial charge in [0.2, 0.25) is 0 Å². The fraction of sp³-hybridized carbons (Fsp3) is 0.462. The summed E-state index contributed by atoms with van der Waals surface area (Å²) in [6.45, 7) is 0.488. The largest absolute Gasteiger partial charge is 0.393 e. The number of aliphatic hydroxyl groups excluding tert-OH is 1. The molecule has 2 atom stereocenters. The van der Waals surface area contributed by atoms with Crippen molar-refractivity contribution in [2.75, 3.05) is 6.54 Å². The molecule has 0 aliphatic heterocycles. The molecular formula is C13H15BrFNO2. The number of halogens is 2. The van der Waals surface area contributed by atoms with Gasteiger partial charge >= 0.3 is 0 Å². The number of hydrogen-bond donors (Lipinski definition) is 2. The number of nitrogens with one attached hydrogen (secondary N) is 1. The van der Waals surface area contributed by atoms with E-state index in [2.05, 4.69) is 21.2 Å². The van der Waals surface area contributed by atoms with Crippen molar-refractivity contribution in [1.29, 1.82) is 0 Å². The van der Waals surface area contributed by atoms with Crippen molar-refractivity contribution in [1.82, 2.24) is 5.32 Å². The standard InChI is InChI=1S/C13H15BrFNO2/c14-9-2-4-12(15)11(6-9)13(18)16-7-8-1-3-10(17)5-8/h2,4,6,8,10,17H,1,3,5,7H2,(H,16,18).